The third kappa shape index (κ3) is 6.67. The standard InChI is InChI=1S/C46H49NS3/c1-3-5-7-9-11-13-19-31-25-27-41(48-31)37-30-36-34-22-16-18-24-40(34)50-46(36)44-38(42-28-26-32(49-42)20-14-12-10-8-6-4-2)29-35-33-21-15-17-23-39(33)47-45(35)43(37)44/h15-18,21-30,47H,3-14,19-20H2,1-2H3. The Morgan fingerprint density at radius 3 is 1.72 bits per heavy atom. The molecular formula is C46H49NS3. The summed E-state index contributed by atoms with van der Waals surface area (Å²) in [6.07, 6.45) is 18.5. The second-order valence-electron chi connectivity index (χ2n) is 14.2. The Labute approximate surface area is 309 Å². The summed E-state index contributed by atoms with van der Waals surface area (Å²) in [7, 11) is 0. The molecule has 0 aliphatic carbocycles. The first-order valence-electron chi connectivity index (χ1n) is 19.2. The van der Waals surface area contributed by atoms with Crippen LogP contribution in [-0.2, 0) is 12.8 Å². The second-order valence-corrected chi connectivity index (χ2v) is 17.6. The van der Waals surface area contributed by atoms with Gasteiger partial charge < -0.3 is 4.98 Å². The van der Waals surface area contributed by atoms with Gasteiger partial charge in [-0.15, -0.1) is 34.0 Å². The number of nitrogens with one attached hydrogen (secondary N) is 1. The highest BCUT2D eigenvalue weighted by Gasteiger charge is 2.23. The lowest BCUT2D eigenvalue weighted by Gasteiger charge is -2.13. The molecule has 4 heterocycles. The summed E-state index contributed by atoms with van der Waals surface area (Å²) in [5.74, 6) is 0. The zero-order valence-electron chi connectivity index (χ0n) is 29.7. The molecule has 0 radical (unpaired) electrons. The normalized spacial score (nSPS) is 12.1. The first-order chi connectivity index (χ1) is 24.7. The van der Waals surface area contributed by atoms with E-state index in [4.69, 9.17) is 0 Å². The van der Waals surface area contributed by atoms with Crippen LogP contribution in [0.25, 0.3) is 73.6 Å². The van der Waals surface area contributed by atoms with Gasteiger partial charge in [0, 0.05) is 77.9 Å². The maximum atomic E-state index is 3.94. The van der Waals surface area contributed by atoms with Gasteiger partial charge in [0.1, 0.15) is 0 Å². The number of hydrogen-bond acceptors (Lipinski definition) is 3. The fraction of sp³-hybridized carbons (Fsp3) is 0.348. The number of unbranched alkanes of at least 4 members (excludes halogenated alkanes) is 10. The van der Waals surface area contributed by atoms with E-state index in [0.717, 1.165) is 0 Å². The quantitative estimate of drug-likeness (QED) is 0.0961. The van der Waals surface area contributed by atoms with E-state index < -0.39 is 0 Å². The van der Waals surface area contributed by atoms with E-state index in [9.17, 15) is 0 Å². The number of aryl methyl sites for hydroxylation is 2. The number of hydrogen-bond donors (Lipinski definition) is 1. The first-order valence-corrected chi connectivity index (χ1v) is 21.7. The van der Waals surface area contributed by atoms with Gasteiger partial charge >= 0.3 is 0 Å². The lowest BCUT2D eigenvalue weighted by Crippen LogP contribution is -1.87. The molecular weight excluding hydrogens is 663 g/mol. The summed E-state index contributed by atoms with van der Waals surface area (Å²) >= 11 is 6.00. The smallest absolute Gasteiger partial charge is 0.0552 e. The van der Waals surface area contributed by atoms with Crippen molar-refractivity contribution in [1.82, 2.24) is 4.98 Å². The molecule has 0 bridgehead atoms. The van der Waals surface area contributed by atoms with Crippen molar-refractivity contribution in [3.63, 3.8) is 0 Å². The Bertz CT molecular complexity index is 2210. The lowest BCUT2D eigenvalue weighted by molar-refractivity contribution is 0.609. The van der Waals surface area contributed by atoms with Gasteiger partial charge in [0.05, 0.1) is 5.52 Å². The SMILES string of the molecule is CCCCCCCCc1ccc(-c2cc3c4ccccc4sc3c3c(-c4ccc(CCCCCCCC)s4)cc4c5ccccc5[nH]c4c23)s1. The van der Waals surface area contributed by atoms with Crippen LogP contribution in [0.15, 0.2) is 84.9 Å². The molecule has 8 aromatic rings. The summed E-state index contributed by atoms with van der Waals surface area (Å²) in [5.41, 5.74) is 5.25. The molecule has 1 N–H and O–H groups in total. The van der Waals surface area contributed by atoms with E-state index in [1.165, 1.54) is 173 Å². The zero-order valence-corrected chi connectivity index (χ0v) is 32.2. The van der Waals surface area contributed by atoms with Gasteiger partial charge in [0.2, 0.25) is 0 Å². The maximum absolute atomic E-state index is 3.94. The van der Waals surface area contributed by atoms with E-state index in [-0.39, 0.29) is 0 Å². The van der Waals surface area contributed by atoms with Gasteiger partial charge in [-0.25, -0.2) is 0 Å². The fourth-order valence-electron chi connectivity index (χ4n) is 7.96. The lowest BCUT2D eigenvalue weighted by atomic mass is 9.93. The first kappa shape index (κ1) is 33.7. The van der Waals surface area contributed by atoms with Crippen molar-refractivity contribution < 1.29 is 0 Å². The van der Waals surface area contributed by atoms with Crippen molar-refractivity contribution in [2.24, 2.45) is 0 Å². The average molecular weight is 712 g/mol. The summed E-state index contributed by atoms with van der Waals surface area (Å²) in [4.78, 5) is 9.76. The minimum Gasteiger partial charge on any atom is -0.354 e. The van der Waals surface area contributed by atoms with Crippen LogP contribution in [0, 0.1) is 0 Å². The second kappa shape index (κ2) is 15.4. The van der Waals surface area contributed by atoms with Gasteiger partial charge in [-0.3, -0.25) is 0 Å². The molecule has 0 saturated heterocycles. The molecule has 0 saturated carbocycles. The highest BCUT2D eigenvalue weighted by atomic mass is 32.1. The third-order valence-corrected chi connectivity index (χ3v) is 14.2. The van der Waals surface area contributed by atoms with Crippen LogP contribution >= 0.6 is 34.0 Å². The summed E-state index contributed by atoms with van der Waals surface area (Å²) < 4.78 is 2.78. The van der Waals surface area contributed by atoms with Crippen LogP contribution in [0.3, 0.4) is 0 Å². The number of H-pyrrole nitrogens is 1. The molecule has 4 heteroatoms. The van der Waals surface area contributed by atoms with Gasteiger partial charge in [-0.1, -0.05) is 114 Å². The number of aromatic amines is 1. The minimum absolute atomic E-state index is 1.18. The van der Waals surface area contributed by atoms with Gasteiger partial charge in [0.15, 0.2) is 0 Å². The summed E-state index contributed by atoms with van der Waals surface area (Å²) in [5, 5.41) is 8.20. The number of rotatable bonds is 16. The molecule has 0 aliphatic heterocycles. The number of fused-ring (bicyclic) bond motifs is 9. The van der Waals surface area contributed by atoms with E-state index in [0.29, 0.717) is 0 Å². The topological polar surface area (TPSA) is 15.8 Å². The van der Waals surface area contributed by atoms with Gasteiger partial charge in [0.25, 0.3) is 0 Å². The van der Waals surface area contributed by atoms with Crippen molar-refractivity contribution in [1.29, 1.82) is 0 Å². The van der Waals surface area contributed by atoms with Crippen LogP contribution < -0.4 is 0 Å². The van der Waals surface area contributed by atoms with Crippen LogP contribution in [0.2, 0.25) is 0 Å². The third-order valence-electron chi connectivity index (χ3n) is 10.6. The van der Waals surface area contributed by atoms with Crippen molar-refractivity contribution in [3.05, 3.63) is 94.7 Å². The molecule has 0 unspecified atom stereocenters. The predicted octanol–water partition coefficient (Wildman–Crippen LogP) is 16.1. The number of thiophene rings is 3. The highest BCUT2D eigenvalue weighted by Crippen LogP contribution is 2.51. The van der Waals surface area contributed by atoms with Crippen molar-refractivity contribution in [3.8, 4) is 20.9 Å². The minimum atomic E-state index is 1.18. The molecule has 50 heavy (non-hydrogen) atoms. The zero-order chi connectivity index (χ0) is 33.9. The van der Waals surface area contributed by atoms with E-state index in [1.54, 1.807) is 0 Å². The Kier molecular flexibility index (Phi) is 10.4. The molecule has 1 nitrogen and oxygen atoms in total. The van der Waals surface area contributed by atoms with Crippen LogP contribution in [0.4, 0.5) is 0 Å². The Morgan fingerprint density at radius 2 is 1.04 bits per heavy atom. The van der Waals surface area contributed by atoms with E-state index in [2.05, 4.69) is 104 Å². The Hall–Kier alpha value is -3.44. The largest absolute Gasteiger partial charge is 0.354 e. The number of aromatic nitrogens is 1. The van der Waals surface area contributed by atoms with Crippen LogP contribution in [0.5, 0.6) is 0 Å². The molecule has 0 fully saturated rings. The molecule has 8 rings (SSSR count). The Morgan fingerprint density at radius 1 is 0.480 bits per heavy atom. The monoisotopic (exact) mass is 711 g/mol. The summed E-state index contributed by atoms with van der Waals surface area (Å²) in [6.45, 7) is 4.60. The Balaban J connectivity index is 1.29. The summed E-state index contributed by atoms with van der Waals surface area (Å²) in [6, 6.07) is 32.6. The molecule has 0 aliphatic rings. The van der Waals surface area contributed by atoms with Gasteiger partial charge in [-0.05, 0) is 74.2 Å². The fourth-order valence-corrected chi connectivity index (χ4v) is 11.4. The average Bonchev–Trinajstić information content (AvgIpc) is 3.95. The van der Waals surface area contributed by atoms with E-state index in [1.807, 2.05) is 34.0 Å². The molecule has 0 atom stereocenters. The predicted molar refractivity (Wildman–Crippen MR) is 227 cm³/mol. The van der Waals surface area contributed by atoms with Crippen LogP contribution in [0.1, 0.15) is 101 Å². The van der Waals surface area contributed by atoms with Crippen molar-refractivity contribution in [2.75, 3.05) is 0 Å². The number of benzene rings is 4. The van der Waals surface area contributed by atoms with Crippen molar-refractivity contribution >= 4 is 86.8 Å². The van der Waals surface area contributed by atoms with E-state index >= 15 is 0 Å². The maximum Gasteiger partial charge on any atom is 0.0552 e. The molecule has 0 amide bonds. The van der Waals surface area contributed by atoms with Crippen LogP contribution in [-0.4, -0.2) is 4.98 Å². The highest BCUT2D eigenvalue weighted by molar-refractivity contribution is 7.27. The molecule has 256 valence electrons. The molecule has 4 aromatic carbocycles. The molecule has 0 spiro atoms. The number of para-hydroxylation sites is 1. The molecule has 4 aromatic heterocycles. The van der Waals surface area contributed by atoms with Crippen molar-refractivity contribution in [2.45, 2.75) is 104 Å². The van der Waals surface area contributed by atoms with Gasteiger partial charge in [-0.2, -0.15) is 0 Å².